The molecule has 6 heteroatoms. The zero-order chi connectivity index (χ0) is 19.6. The topological polar surface area (TPSA) is 63.2 Å². The number of aromatic nitrogens is 3. The van der Waals surface area contributed by atoms with Crippen molar-refractivity contribution >= 4 is 16.7 Å². The fourth-order valence-corrected chi connectivity index (χ4v) is 3.95. The molecule has 1 aliphatic rings. The van der Waals surface area contributed by atoms with Crippen molar-refractivity contribution in [1.29, 1.82) is 0 Å². The van der Waals surface area contributed by atoms with Crippen LogP contribution in [0.4, 0.5) is 0 Å². The van der Waals surface area contributed by atoms with E-state index in [1.165, 1.54) is 0 Å². The standard InChI is InChI=1S/C23H22N4O2/c28-23(27-8-10-29-11-9-27)22-15-26(13-18-12-24-16-25-18)14-21(22)20-7-3-5-17-4-1-2-6-19(17)20/h1-7,12,14-16H,8-11,13H2,(H,24,25). The summed E-state index contributed by atoms with van der Waals surface area (Å²) >= 11 is 0. The Bertz CT molecular complexity index is 1140. The minimum Gasteiger partial charge on any atom is -0.378 e. The second-order valence-electron chi connectivity index (χ2n) is 7.25. The van der Waals surface area contributed by atoms with Gasteiger partial charge in [-0.05, 0) is 16.3 Å². The van der Waals surface area contributed by atoms with Gasteiger partial charge in [0.25, 0.3) is 5.91 Å². The number of hydrogen-bond acceptors (Lipinski definition) is 3. The van der Waals surface area contributed by atoms with Gasteiger partial charge in [-0.2, -0.15) is 0 Å². The Balaban J connectivity index is 1.62. The van der Waals surface area contributed by atoms with Gasteiger partial charge >= 0.3 is 0 Å². The highest BCUT2D eigenvalue weighted by Gasteiger charge is 2.24. The number of morpholine rings is 1. The maximum Gasteiger partial charge on any atom is 0.256 e. The molecule has 0 radical (unpaired) electrons. The first-order chi connectivity index (χ1) is 14.3. The number of carbonyl (C=O) groups excluding carboxylic acids is 1. The largest absolute Gasteiger partial charge is 0.378 e. The van der Waals surface area contributed by atoms with E-state index in [0.29, 0.717) is 32.8 Å². The molecule has 0 unspecified atom stereocenters. The predicted molar refractivity (Wildman–Crippen MR) is 112 cm³/mol. The van der Waals surface area contributed by atoms with Crippen molar-refractivity contribution in [3.05, 3.63) is 78.6 Å². The normalized spacial score (nSPS) is 14.4. The van der Waals surface area contributed by atoms with Crippen LogP contribution in [-0.4, -0.2) is 51.6 Å². The van der Waals surface area contributed by atoms with Crippen molar-refractivity contribution in [2.45, 2.75) is 6.54 Å². The van der Waals surface area contributed by atoms with E-state index in [9.17, 15) is 4.79 Å². The average Bonchev–Trinajstić information content (AvgIpc) is 3.44. The number of hydrogen-bond donors (Lipinski definition) is 1. The highest BCUT2D eigenvalue weighted by molar-refractivity contribution is 6.06. The Kier molecular flexibility index (Phi) is 4.62. The van der Waals surface area contributed by atoms with E-state index in [0.717, 1.165) is 33.2 Å². The van der Waals surface area contributed by atoms with E-state index in [1.54, 1.807) is 6.33 Å². The summed E-state index contributed by atoms with van der Waals surface area (Å²) in [6, 6.07) is 14.5. The molecule has 0 atom stereocenters. The molecular weight excluding hydrogens is 364 g/mol. The molecule has 2 aromatic heterocycles. The molecule has 146 valence electrons. The van der Waals surface area contributed by atoms with Crippen molar-refractivity contribution in [3.8, 4) is 11.1 Å². The minimum atomic E-state index is 0.0528. The summed E-state index contributed by atoms with van der Waals surface area (Å²) in [5.74, 6) is 0.0528. The molecule has 4 aromatic rings. The van der Waals surface area contributed by atoms with Crippen molar-refractivity contribution in [1.82, 2.24) is 19.4 Å². The molecule has 2 aromatic carbocycles. The lowest BCUT2D eigenvalue weighted by molar-refractivity contribution is 0.0303. The third kappa shape index (κ3) is 3.43. The van der Waals surface area contributed by atoms with Crippen molar-refractivity contribution in [2.75, 3.05) is 26.3 Å². The number of carbonyl (C=O) groups is 1. The number of nitrogens with one attached hydrogen (secondary N) is 1. The van der Waals surface area contributed by atoms with Crippen LogP contribution in [0.1, 0.15) is 16.1 Å². The summed E-state index contributed by atoms with van der Waals surface area (Å²) in [5, 5.41) is 2.30. The van der Waals surface area contributed by atoms with Gasteiger partial charge in [-0.1, -0.05) is 42.5 Å². The molecule has 3 heterocycles. The zero-order valence-corrected chi connectivity index (χ0v) is 16.0. The van der Waals surface area contributed by atoms with Crippen LogP contribution in [0.3, 0.4) is 0 Å². The lowest BCUT2D eigenvalue weighted by Crippen LogP contribution is -2.40. The molecule has 6 nitrogen and oxygen atoms in total. The number of ether oxygens (including phenoxy) is 1. The molecule has 1 saturated heterocycles. The van der Waals surface area contributed by atoms with Crippen LogP contribution in [0, 0.1) is 0 Å². The number of benzene rings is 2. The zero-order valence-electron chi connectivity index (χ0n) is 16.0. The number of fused-ring (bicyclic) bond motifs is 1. The molecule has 0 aliphatic carbocycles. The van der Waals surface area contributed by atoms with E-state index in [4.69, 9.17) is 4.74 Å². The summed E-state index contributed by atoms with van der Waals surface area (Å²) in [6.45, 7) is 3.03. The first-order valence-corrected chi connectivity index (χ1v) is 9.82. The second kappa shape index (κ2) is 7.56. The Labute approximate surface area is 168 Å². The Morgan fingerprint density at radius 3 is 2.69 bits per heavy atom. The number of rotatable bonds is 4. The fraction of sp³-hybridized carbons (Fsp3) is 0.217. The first-order valence-electron chi connectivity index (χ1n) is 9.82. The monoisotopic (exact) mass is 386 g/mol. The highest BCUT2D eigenvalue weighted by Crippen LogP contribution is 2.32. The summed E-state index contributed by atoms with van der Waals surface area (Å²) in [4.78, 5) is 22.6. The molecule has 0 spiro atoms. The molecule has 1 N–H and O–H groups in total. The molecule has 0 bridgehead atoms. The fourth-order valence-electron chi connectivity index (χ4n) is 3.95. The lowest BCUT2D eigenvalue weighted by atomic mass is 9.97. The molecule has 0 saturated carbocycles. The summed E-state index contributed by atoms with van der Waals surface area (Å²) in [7, 11) is 0. The van der Waals surface area contributed by atoms with Crippen LogP contribution < -0.4 is 0 Å². The molecule has 1 amide bonds. The maximum atomic E-state index is 13.4. The minimum absolute atomic E-state index is 0.0528. The van der Waals surface area contributed by atoms with Gasteiger partial charge in [-0.15, -0.1) is 0 Å². The number of imidazole rings is 1. The van der Waals surface area contributed by atoms with Crippen LogP contribution >= 0.6 is 0 Å². The SMILES string of the molecule is O=C(c1cn(Cc2c[nH]cn2)cc1-c1cccc2ccccc12)N1CCOCC1. The van der Waals surface area contributed by atoms with Crippen LogP contribution in [0.2, 0.25) is 0 Å². The van der Waals surface area contributed by atoms with Gasteiger partial charge in [-0.25, -0.2) is 4.98 Å². The number of nitrogens with zero attached hydrogens (tertiary/aromatic N) is 3. The molecule has 1 fully saturated rings. The highest BCUT2D eigenvalue weighted by atomic mass is 16.5. The average molecular weight is 386 g/mol. The quantitative estimate of drug-likeness (QED) is 0.583. The van der Waals surface area contributed by atoms with E-state index >= 15 is 0 Å². The predicted octanol–water partition coefficient (Wildman–Crippen LogP) is 3.55. The van der Waals surface area contributed by atoms with E-state index in [-0.39, 0.29) is 5.91 Å². The van der Waals surface area contributed by atoms with Crippen molar-refractivity contribution in [2.24, 2.45) is 0 Å². The van der Waals surface area contributed by atoms with Crippen molar-refractivity contribution in [3.63, 3.8) is 0 Å². The number of amides is 1. The summed E-state index contributed by atoms with van der Waals surface area (Å²) in [5.41, 5.74) is 3.67. The Morgan fingerprint density at radius 2 is 1.86 bits per heavy atom. The van der Waals surface area contributed by atoms with Crippen LogP contribution in [-0.2, 0) is 11.3 Å². The molecule has 1 aliphatic heterocycles. The van der Waals surface area contributed by atoms with Crippen LogP contribution in [0.25, 0.3) is 21.9 Å². The smallest absolute Gasteiger partial charge is 0.256 e. The van der Waals surface area contributed by atoms with Crippen molar-refractivity contribution < 1.29 is 9.53 Å². The second-order valence-corrected chi connectivity index (χ2v) is 7.25. The third-order valence-corrected chi connectivity index (χ3v) is 5.39. The number of H-pyrrole nitrogens is 1. The van der Waals surface area contributed by atoms with Crippen LogP contribution in [0.5, 0.6) is 0 Å². The van der Waals surface area contributed by atoms with E-state index in [1.807, 2.05) is 40.1 Å². The summed E-state index contributed by atoms with van der Waals surface area (Å²) < 4.78 is 7.47. The maximum absolute atomic E-state index is 13.4. The summed E-state index contributed by atoms with van der Waals surface area (Å²) in [6.07, 6.45) is 7.55. The Morgan fingerprint density at radius 1 is 1.03 bits per heavy atom. The van der Waals surface area contributed by atoms with Gasteiger partial charge in [-0.3, -0.25) is 4.79 Å². The number of aromatic amines is 1. The molecular formula is C23H22N4O2. The van der Waals surface area contributed by atoms with Gasteiger partial charge < -0.3 is 19.2 Å². The molecule has 5 rings (SSSR count). The van der Waals surface area contributed by atoms with Gasteiger partial charge in [0, 0.05) is 37.2 Å². The third-order valence-electron chi connectivity index (χ3n) is 5.39. The van der Waals surface area contributed by atoms with Gasteiger partial charge in [0.05, 0.1) is 37.3 Å². The Hall–Kier alpha value is -3.38. The van der Waals surface area contributed by atoms with Gasteiger partial charge in [0.1, 0.15) is 0 Å². The van der Waals surface area contributed by atoms with Gasteiger partial charge in [0.15, 0.2) is 0 Å². The molecule has 29 heavy (non-hydrogen) atoms. The van der Waals surface area contributed by atoms with E-state index in [2.05, 4.69) is 40.4 Å². The van der Waals surface area contributed by atoms with E-state index < -0.39 is 0 Å². The van der Waals surface area contributed by atoms with Gasteiger partial charge in [0.2, 0.25) is 0 Å². The van der Waals surface area contributed by atoms with Crippen LogP contribution in [0.15, 0.2) is 67.4 Å². The lowest BCUT2D eigenvalue weighted by Gasteiger charge is -2.27. The first kappa shape index (κ1) is 17.7.